The molecule has 0 amide bonds. The Morgan fingerprint density at radius 3 is 2.13 bits per heavy atom. The topological polar surface area (TPSA) is 63.2 Å². The second-order valence-electron chi connectivity index (χ2n) is 5.26. The number of hydrogen-bond donors (Lipinski definition) is 2. The van der Waals surface area contributed by atoms with E-state index in [-0.39, 0.29) is 25.1 Å². The largest absolute Gasteiger partial charge is 0.496 e. The van der Waals surface area contributed by atoms with E-state index in [9.17, 15) is 5.11 Å². The molecule has 1 fully saturated rings. The zero-order valence-electron chi connectivity index (χ0n) is 14.0. The fraction of sp³-hybridized carbons (Fsp3) is 0.625. The molecule has 1 aliphatic rings. The van der Waals surface area contributed by atoms with Gasteiger partial charge in [-0.05, 0) is 12.5 Å². The lowest BCUT2D eigenvalue weighted by Crippen LogP contribution is -2.45. The van der Waals surface area contributed by atoms with Crippen LogP contribution in [-0.4, -0.2) is 64.1 Å². The Balaban J connectivity index is 0.00000264. The number of aliphatic hydroxyl groups excluding tert-OH is 1. The molecule has 2 N–H and O–H groups in total. The van der Waals surface area contributed by atoms with Crippen LogP contribution in [0.3, 0.4) is 0 Å². The van der Waals surface area contributed by atoms with Crippen molar-refractivity contribution in [2.24, 2.45) is 0 Å². The smallest absolute Gasteiger partial charge is 0.164 e. The second-order valence-corrected chi connectivity index (χ2v) is 5.26. The van der Waals surface area contributed by atoms with E-state index in [1.54, 1.807) is 21.3 Å². The van der Waals surface area contributed by atoms with Crippen molar-refractivity contribution in [3.8, 4) is 17.2 Å². The van der Waals surface area contributed by atoms with E-state index < -0.39 is 0 Å². The van der Waals surface area contributed by atoms with Crippen LogP contribution in [0, 0.1) is 0 Å². The first-order valence-corrected chi connectivity index (χ1v) is 7.60. The van der Waals surface area contributed by atoms with Gasteiger partial charge < -0.3 is 24.6 Å². The zero-order valence-corrected chi connectivity index (χ0v) is 14.8. The van der Waals surface area contributed by atoms with Crippen molar-refractivity contribution in [3.05, 3.63) is 17.7 Å². The lowest BCUT2D eigenvalue weighted by molar-refractivity contribution is 0.138. The van der Waals surface area contributed by atoms with Crippen LogP contribution in [0.1, 0.15) is 18.0 Å². The van der Waals surface area contributed by atoms with Crippen molar-refractivity contribution < 1.29 is 19.3 Å². The molecule has 1 heterocycles. The van der Waals surface area contributed by atoms with Gasteiger partial charge in [0.25, 0.3) is 0 Å². The minimum atomic E-state index is 0. The van der Waals surface area contributed by atoms with Crippen molar-refractivity contribution in [2.75, 3.05) is 54.1 Å². The van der Waals surface area contributed by atoms with Gasteiger partial charge >= 0.3 is 0 Å². The second kappa shape index (κ2) is 9.82. The molecule has 0 unspecified atom stereocenters. The Morgan fingerprint density at radius 1 is 1.04 bits per heavy atom. The predicted octanol–water partition coefficient (Wildman–Crippen LogP) is 1.46. The Labute approximate surface area is 144 Å². The number of piperazine rings is 1. The third kappa shape index (κ3) is 4.64. The Bertz CT molecular complexity index is 481. The van der Waals surface area contributed by atoms with Crippen molar-refractivity contribution >= 4 is 12.4 Å². The third-order valence-corrected chi connectivity index (χ3v) is 4.09. The van der Waals surface area contributed by atoms with Crippen molar-refractivity contribution in [3.63, 3.8) is 0 Å². The number of methoxy groups -OCH3 is 3. The first-order chi connectivity index (χ1) is 10.7. The summed E-state index contributed by atoms with van der Waals surface area (Å²) in [5, 5.41) is 12.8. The molecular weight excluding hydrogens is 320 g/mol. The summed E-state index contributed by atoms with van der Waals surface area (Å²) in [6.07, 6.45) is 0.659. The third-order valence-electron chi connectivity index (χ3n) is 4.09. The van der Waals surface area contributed by atoms with Gasteiger partial charge in [0.1, 0.15) is 5.75 Å². The average molecular weight is 347 g/mol. The molecule has 0 aliphatic carbocycles. The van der Waals surface area contributed by atoms with Gasteiger partial charge in [0.05, 0.1) is 21.3 Å². The Hall–Kier alpha value is -1.21. The van der Waals surface area contributed by atoms with Crippen LogP contribution in [0.4, 0.5) is 0 Å². The summed E-state index contributed by atoms with van der Waals surface area (Å²) in [6.45, 7) is 3.94. The maximum absolute atomic E-state index is 9.48. The quantitative estimate of drug-likeness (QED) is 0.779. The molecule has 2 rings (SSSR count). The van der Waals surface area contributed by atoms with E-state index in [1.165, 1.54) is 0 Å². The number of halogens is 1. The van der Waals surface area contributed by atoms with Gasteiger partial charge in [0.15, 0.2) is 11.5 Å². The SMILES string of the molecule is COc1cc(OC)c([C@@H](CCO)N2CCNCC2)cc1OC.Cl. The van der Waals surface area contributed by atoms with Crippen LogP contribution in [0.25, 0.3) is 0 Å². The molecule has 1 aromatic rings. The van der Waals surface area contributed by atoms with E-state index in [0.717, 1.165) is 37.5 Å². The number of hydrogen-bond acceptors (Lipinski definition) is 6. The normalized spacial score (nSPS) is 16.3. The van der Waals surface area contributed by atoms with Gasteiger partial charge in [-0.1, -0.05) is 0 Å². The number of rotatable bonds is 7. The van der Waals surface area contributed by atoms with Crippen LogP contribution < -0.4 is 19.5 Å². The maximum Gasteiger partial charge on any atom is 0.164 e. The zero-order chi connectivity index (χ0) is 15.9. The molecule has 0 bridgehead atoms. The molecule has 0 spiro atoms. The van der Waals surface area contributed by atoms with E-state index in [2.05, 4.69) is 10.2 Å². The number of aliphatic hydroxyl groups is 1. The molecule has 1 aromatic carbocycles. The summed E-state index contributed by atoms with van der Waals surface area (Å²) < 4.78 is 16.3. The minimum absolute atomic E-state index is 0. The van der Waals surface area contributed by atoms with E-state index >= 15 is 0 Å². The summed E-state index contributed by atoms with van der Waals surface area (Å²) in [6, 6.07) is 3.91. The Morgan fingerprint density at radius 2 is 1.61 bits per heavy atom. The average Bonchev–Trinajstić information content (AvgIpc) is 2.59. The number of benzene rings is 1. The molecule has 0 radical (unpaired) electrons. The van der Waals surface area contributed by atoms with Gasteiger partial charge in [-0.25, -0.2) is 0 Å². The summed E-state index contributed by atoms with van der Waals surface area (Å²) in [7, 11) is 4.89. The standard InChI is InChI=1S/C16H26N2O4.ClH/c1-20-14-11-16(22-3)15(21-2)10-12(14)13(4-9-19)18-7-5-17-6-8-18;/h10-11,13,17,19H,4-9H2,1-3H3;1H/t13-;/m1./s1. The fourth-order valence-electron chi connectivity index (χ4n) is 2.96. The van der Waals surface area contributed by atoms with Gasteiger partial charge in [-0.2, -0.15) is 0 Å². The van der Waals surface area contributed by atoms with E-state index in [0.29, 0.717) is 17.9 Å². The molecular formula is C16H27ClN2O4. The summed E-state index contributed by atoms with van der Waals surface area (Å²) in [5.41, 5.74) is 1.02. The summed E-state index contributed by atoms with van der Waals surface area (Å²) >= 11 is 0. The highest BCUT2D eigenvalue weighted by Crippen LogP contribution is 2.40. The molecule has 1 saturated heterocycles. The highest BCUT2D eigenvalue weighted by atomic mass is 35.5. The van der Waals surface area contributed by atoms with Gasteiger partial charge in [-0.15, -0.1) is 12.4 Å². The number of nitrogens with zero attached hydrogens (tertiary/aromatic N) is 1. The van der Waals surface area contributed by atoms with Gasteiger partial charge in [-0.3, -0.25) is 4.90 Å². The minimum Gasteiger partial charge on any atom is -0.496 e. The van der Waals surface area contributed by atoms with Crippen LogP contribution in [-0.2, 0) is 0 Å². The number of ether oxygens (including phenoxy) is 3. The van der Waals surface area contributed by atoms with Gasteiger partial charge in [0.2, 0.25) is 0 Å². The van der Waals surface area contributed by atoms with Crippen LogP contribution in [0.15, 0.2) is 12.1 Å². The lowest BCUT2D eigenvalue weighted by Gasteiger charge is -2.35. The molecule has 0 saturated carbocycles. The van der Waals surface area contributed by atoms with Crippen molar-refractivity contribution in [1.29, 1.82) is 0 Å². The maximum atomic E-state index is 9.48. The molecule has 6 nitrogen and oxygen atoms in total. The molecule has 7 heteroatoms. The van der Waals surface area contributed by atoms with Crippen LogP contribution in [0.5, 0.6) is 17.2 Å². The first-order valence-electron chi connectivity index (χ1n) is 7.60. The van der Waals surface area contributed by atoms with E-state index in [4.69, 9.17) is 14.2 Å². The summed E-state index contributed by atoms with van der Waals surface area (Å²) in [4.78, 5) is 2.37. The highest BCUT2D eigenvalue weighted by Gasteiger charge is 2.26. The molecule has 0 aromatic heterocycles. The fourth-order valence-corrected chi connectivity index (χ4v) is 2.96. The molecule has 23 heavy (non-hydrogen) atoms. The highest BCUT2D eigenvalue weighted by molar-refractivity contribution is 5.85. The predicted molar refractivity (Wildman–Crippen MR) is 92.2 cm³/mol. The van der Waals surface area contributed by atoms with Crippen LogP contribution in [0.2, 0.25) is 0 Å². The monoisotopic (exact) mass is 346 g/mol. The first kappa shape index (κ1) is 19.8. The lowest BCUT2D eigenvalue weighted by atomic mass is 9.99. The summed E-state index contributed by atoms with van der Waals surface area (Å²) in [5.74, 6) is 2.08. The Kier molecular flexibility index (Phi) is 8.47. The van der Waals surface area contributed by atoms with Crippen molar-refractivity contribution in [2.45, 2.75) is 12.5 Å². The van der Waals surface area contributed by atoms with Crippen molar-refractivity contribution in [1.82, 2.24) is 10.2 Å². The molecule has 1 aliphatic heterocycles. The van der Waals surface area contributed by atoms with Crippen LogP contribution >= 0.6 is 12.4 Å². The van der Waals surface area contributed by atoms with Gasteiger partial charge in [0, 0.05) is 50.5 Å². The van der Waals surface area contributed by atoms with E-state index in [1.807, 2.05) is 12.1 Å². The molecule has 1 atom stereocenters. The number of nitrogens with one attached hydrogen (secondary N) is 1. The molecule has 132 valence electrons.